The first kappa shape index (κ1) is 13.1. The van der Waals surface area contributed by atoms with Gasteiger partial charge in [-0.15, -0.1) is 0 Å². The molecule has 0 aromatic rings. The molecule has 0 aliphatic carbocycles. The van der Waals surface area contributed by atoms with Crippen LogP contribution in [0.4, 0.5) is 4.79 Å². The van der Waals surface area contributed by atoms with Crippen molar-refractivity contribution in [2.45, 2.75) is 18.7 Å². The maximum absolute atomic E-state index is 10.9. The second-order valence-electron chi connectivity index (χ2n) is 3.54. The normalized spacial score (nSPS) is 18.3. The van der Waals surface area contributed by atoms with Gasteiger partial charge in [0.05, 0.1) is 13.5 Å². The number of rotatable bonds is 6. The molecule has 0 N–H and O–H groups in total. The molecule has 0 aromatic heterocycles. The molecule has 1 saturated heterocycles. The van der Waals surface area contributed by atoms with Crippen molar-refractivity contribution in [3.63, 3.8) is 0 Å². The zero-order chi connectivity index (χ0) is 13.1. The first-order chi connectivity index (χ1) is 7.86. The van der Waals surface area contributed by atoms with Crippen molar-refractivity contribution < 1.29 is 28.9 Å². The van der Waals surface area contributed by atoms with Crippen molar-refractivity contribution in [3.05, 3.63) is 20.2 Å². The molecule has 1 unspecified atom stereocenters. The van der Waals surface area contributed by atoms with Gasteiger partial charge in [0.25, 0.3) is 0 Å². The number of carbonyl (C=O) groups excluding carboxylic acids is 1. The Morgan fingerprint density at radius 1 is 1.41 bits per heavy atom. The van der Waals surface area contributed by atoms with Crippen molar-refractivity contribution in [1.29, 1.82) is 0 Å². The van der Waals surface area contributed by atoms with Crippen LogP contribution in [-0.2, 0) is 14.2 Å². The molecule has 10 heteroatoms. The predicted octanol–water partition coefficient (Wildman–Crippen LogP) is -0.192. The van der Waals surface area contributed by atoms with Gasteiger partial charge in [0, 0.05) is 0 Å². The van der Waals surface area contributed by atoms with Crippen LogP contribution in [0.15, 0.2) is 0 Å². The van der Waals surface area contributed by atoms with Gasteiger partial charge in [-0.3, -0.25) is 20.2 Å². The van der Waals surface area contributed by atoms with Crippen LogP contribution in [0.1, 0.15) is 6.92 Å². The maximum Gasteiger partial charge on any atom is 0.508 e. The number of hydrogen-bond donors (Lipinski definition) is 0. The highest BCUT2D eigenvalue weighted by molar-refractivity contribution is 5.59. The van der Waals surface area contributed by atoms with Crippen LogP contribution in [0.5, 0.6) is 0 Å². The van der Waals surface area contributed by atoms with Gasteiger partial charge < -0.3 is 14.2 Å². The highest BCUT2D eigenvalue weighted by atomic mass is 16.7. The average molecular weight is 250 g/mol. The first-order valence-electron chi connectivity index (χ1n) is 4.56. The summed E-state index contributed by atoms with van der Waals surface area (Å²) in [6.07, 6.45) is -1.38. The third kappa shape index (κ3) is 3.52. The fourth-order valence-electron chi connectivity index (χ4n) is 0.735. The molecule has 1 rings (SSSR count). The molecule has 0 spiro atoms. The molecule has 0 bridgehead atoms. The van der Waals surface area contributed by atoms with E-state index in [0.29, 0.717) is 6.61 Å². The number of epoxide rings is 1. The largest absolute Gasteiger partial charge is 0.508 e. The van der Waals surface area contributed by atoms with E-state index in [0.717, 1.165) is 6.92 Å². The Morgan fingerprint density at radius 3 is 2.35 bits per heavy atom. The second-order valence-corrected chi connectivity index (χ2v) is 3.54. The second kappa shape index (κ2) is 4.91. The summed E-state index contributed by atoms with van der Waals surface area (Å²) in [5.41, 5.74) is -2.57. The van der Waals surface area contributed by atoms with E-state index < -0.39 is 28.3 Å². The zero-order valence-electron chi connectivity index (χ0n) is 8.86. The summed E-state index contributed by atoms with van der Waals surface area (Å²) < 4.78 is 13.5. The summed E-state index contributed by atoms with van der Waals surface area (Å²) in [6, 6.07) is 0. The molecule has 96 valence electrons. The fourth-order valence-corrected chi connectivity index (χ4v) is 0.735. The van der Waals surface area contributed by atoms with Crippen LogP contribution >= 0.6 is 0 Å². The van der Waals surface area contributed by atoms with E-state index in [2.05, 4.69) is 9.47 Å². The lowest BCUT2D eigenvalue weighted by molar-refractivity contribution is -0.793. The quantitative estimate of drug-likeness (QED) is 0.208. The van der Waals surface area contributed by atoms with Crippen molar-refractivity contribution >= 4 is 6.16 Å². The van der Waals surface area contributed by atoms with E-state index in [9.17, 15) is 25.0 Å². The average Bonchev–Trinajstić information content (AvgIpc) is 3.06. The lowest BCUT2D eigenvalue weighted by Crippen LogP contribution is -2.47. The van der Waals surface area contributed by atoms with Crippen LogP contribution < -0.4 is 0 Å². The molecule has 0 amide bonds. The molecule has 1 heterocycles. The van der Waals surface area contributed by atoms with Gasteiger partial charge in [0.1, 0.15) is 22.6 Å². The Hall–Kier alpha value is -1.97. The lowest BCUT2D eigenvalue weighted by Gasteiger charge is -2.12. The SMILES string of the molecule is CC(COC(=O)OCC1CO1)([N+](=O)[O-])[N+](=O)[O-]. The minimum atomic E-state index is -2.57. The van der Waals surface area contributed by atoms with E-state index in [4.69, 9.17) is 4.74 Å². The van der Waals surface area contributed by atoms with Gasteiger partial charge in [0.15, 0.2) is 0 Å². The Labute approximate surface area is 94.7 Å². The van der Waals surface area contributed by atoms with Gasteiger partial charge in [-0.2, -0.15) is 0 Å². The van der Waals surface area contributed by atoms with Gasteiger partial charge in [0.2, 0.25) is 6.61 Å². The summed E-state index contributed by atoms with van der Waals surface area (Å²) in [7, 11) is 0. The predicted molar refractivity (Wildman–Crippen MR) is 49.4 cm³/mol. The van der Waals surface area contributed by atoms with Gasteiger partial charge >= 0.3 is 11.8 Å². The standard InChI is InChI=1S/C7H10N2O8/c1-7(8(11)12,9(13)14)4-17-6(10)16-3-5-2-15-5/h5H,2-4H2,1H3. The van der Waals surface area contributed by atoms with Crippen molar-refractivity contribution in [3.8, 4) is 0 Å². The fraction of sp³-hybridized carbons (Fsp3) is 0.857. The van der Waals surface area contributed by atoms with E-state index in [1.54, 1.807) is 0 Å². The molecule has 0 radical (unpaired) electrons. The highest BCUT2D eigenvalue weighted by Gasteiger charge is 2.52. The molecular formula is C7H10N2O8. The van der Waals surface area contributed by atoms with Crippen LogP contribution in [-0.4, -0.2) is 47.6 Å². The summed E-state index contributed by atoms with van der Waals surface area (Å²) in [4.78, 5) is 29.6. The van der Waals surface area contributed by atoms with E-state index in [-0.39, 0.29) is 12.7 Å². The third-order valence-electron chi connectivity index (χ3n) is 2.04. The third-order valence-corrected chi connectivity index (χ3v) is 2.04. The smallest absolute Gasteiger partial charge is 0.431 e. The molecule has 17 heavy (non-hydrogen) atoms. The molecule has 1 aliphatic heterocycles. The number of nitro groups is 2. The maximum atomic E-state index is 10.9. The molecule has 10 nitrogen and oxygen atoms in total. The number of ether oxygens (including phenoxy) is 3. The van der Waals surface area contributed by atoms with Crippen LogP contribution in [0.25, 0.3) is 0 Å². The van der Waals surface area contributed by atoms with Crippen molar-refractivity contribution in [2.75, 3.05) is 19.8 Å². The monoisotopic (exact) mass is 250 g/mol. The Kier molecular flexibility index (Phi) is 3.78. The molecule has 1 aliphatic rings. The van der Waals surface area contributed by atoms with Crippen LogP contribution in [0.3, 0.4) is 0 Å². The Bertz CT molecular complexity index is 325. The Balaban J connectivity index is 2.37. The first-order valence-corrected chi connectivity index (χ1v) is 4.56. The summed E-state index contributed by atoms with van der Waals surface area (Å²) >= 11 is 0. The highest BCUT2D eigenvalue weighted by Crippen LogP contribution is 2.12. The van der Waals surface area contributed by atoms with Crippen LogP contribution in [0.2, 0.25) is 0 Å². The molecular weight excluding hydrogens is 240 g/mol. The molecule has 0 saturated carbocycles. The summed E-state index contributed by atoms with van der Waals surface area (Å²) in [5.74, 6) is 0. The zero-order valence-corrected chi connectivity index (χ0v) is 8.86. The number of hydrogen-bond acceptors (Lipinski definition) is 8. The van der Waals surface area contributed by atoms with Crippen molar-refractivity contribution in [1.82, 2.24) is 0 Å². The minimum Gasteiger partial charge on any atom is -0.431 e. The van der Waals surface area contributed by atoms with Gasteiger partial charge in [-0.25, -0.2) is 4.79 Å². The van der Waals surface area contributed by atoms with Gasteiger partial charge in [-0.1, -0.05) is 0 Å². The molecule has 1 fully saturated rings. The van der Waals surface area contributed by atoms with E-state index >= 15 is 0 Å². The minimum absolute atomic E-state index is 0.0352. The number of carbonyl (C=O) groups is 1. The topological polar surface area (TPSA) is 134 Å². The lowest BCUT2D eigenvalue weighted by atomic mass is 10.2. The Morgan fingerprint density at radius 2 is 1.94 bits per heavy atom. The van der Waals surface area contributed by atoms with Crippen LogP contribution in [0, 0.1) is 20.2 Å². The summed E-state index contributed by atoms with van der Waals surface area (Å²) in [5, 5.41) is 20.9. The van der Waals surface area contributed by atoms with E-state index in [1.807, 2.05) is 0 Å². The number of nitrogens with zero attached hydrogens (tertiary/aromatic N) is 2. The summed E-state index contributed by atoms with van der Waals surface area (Å²) in [6.45, 7) is 0.170. The van der Waals surface area contributed by atoms with E-state index in [1.165, 1.54) is 0 Å². The van der Waals surface area contributed by atoms with Crippen molar-refractivity contribution in [2.24, 2.45) is 0 Å². The molecule has 0 aromatic carbocycles. The van der Waals surface area contributed by atoms with Gasteiger partial charge in [-0.05, 0) is 0 Å². The molecule has 1 atom stereocenters.